The SMILES string of the molecule is CNCC1CCCCN1S(=O)(=O)N1CCCC1C. The molecule has 0 aromatic rings. The zero-order chi connectivity index (χ0) is 13.2. The Morgan fingerprint density at radius 1 is 1.11 bits per heavy atom. The summed E-state index contributed by atoms with van der Waals surface area (Å²) in [5.41, 5.74) is 0. The lowest BCUT2D eigenvalue weighted by molar-refractivity contribution is 0.227. The van der Waals surface area contributed by atoms with Gasteiger partial charge in [-0.25, -0.2) is 0 Å². The van der Waals surface area contributed by atoms with Crippen molar-refractivity contribution in [1.29, 1.82) is 0 Å². The van der Waals surface area contributed by atoms with Crippen molar-refractivity contribution in [3.63, 3.8) is 0 Å². The normalized spacial score (nSPS) is 31.9. The van der Waals surface area contributed by atoms with Crippen LogP contribution in [-0.4, -0.2) is 55.8 Å². The molecule has 106 valence electrons. The molecule has 0 aromatic carbocycles. The molecule has 0 amide bonds. The summed E-state index contributed by atoms with van der Waals surface area (Å²) in [5, 5.41) is 3.12. The van der Waals surface area contributed by atoms with Gasteiger partial charge in [-0.2, -0.15) is 17.0 Å². The summed E-state index contributed by atoms with van der Waals surface area (Å²) in [7, 11) is -1.37. The highest BCUT2D eigenvalue weighted by Crippen LogP contribution is 2.27. The lowest BCUT2D eigenvalue weighted by Gasteiger charge is -2.38. The Balaban J connectivity index is 2.16. The molecule has 0 radical (unpaired) electrons. The topological polar surface area (TPSA) is 52.7 Å². The molecule has 2 atom stereocenters. The highest BCUT2D eigenvalue weighted by atomic mass is 32.2. The lowest BCUT2D eigenvalue weighted by Crippen LogP contribution is -2.53. The van der Waals surface area contributed by atoms with Crippen molar-refractivity contribution in [2.75, 3.05) is 26.7 Å². The number of hydrogen-bond acceptors (Lipinski definition) is 3. The van der Waals surface area contributed by atoms with Crippen LogP contribution in [0.5, 0.6) is 0 Å². The van der Waals surface area contributed by atoms with E-state index in [1.165, 1.54) is 0 Å². The van der Waals surface area contributed by atoms with Gasteiger partial charge in [-0.1, -0.05) is 6.42 Å². The fourth-order valence-corrected chi connectivity index (χ4v) is 5.21. The molecule has 1 N–H and O–H groups in total. The summed E-state index contributed by atoms with van der Waals surface area (Å²) in [6.45, 7) is 4.13. The summed E-state index contributed by atoms with van der Waals surface area (Å²) in [6, 6.07) is 0.286. The molecular weight excluding hydrogens is 250 g/mol. The van der Waals surface area contributed by atoms with Crippen molar-refractivity contribution < 1.29 is 8.42 Å². The predicted octanol–water partition coefficient (Wildman–Crippen LogP) is 0.789. The van der Waals surface area contributed by atoms with E-state index in [0.717, 1.165) is 38.6 Å². The number of likely N-dealkylation sites (N-methyl/N-ethyl adjacent to an activating group) is 1. The Kier molecular flexibility index (Phi) is 4.64. The summed E-state index contributed by atoms with van der Waals surface area (Å²) in [6.07, 6.45) is 5.08. The quantitative estimate of drug-likeness (QED) is 0.825. The number of hydrogen-bond donors (Lipinski definition) is 1. The van der Waals surface area contributed by atoms with Crippen LogP contribution in [0, 0.1) is 0 Å². The molecule has 2 fully saturated rings. The number of nitrogens with one attached hydrogen (secondary N) is 1. The van der Waals surface area contributed by atoms with Crippen molar-refractivity contribution in [3.8, 4) is 0 Å². The minimum atomic E-state index is -3.26. The first-order valence-electron chi connectivity index (χ1n) is 7.00. The summed E-state index contributed by atoms with van der Waals surface area (Å²) >= 11 is 0. The van der Waals surface area contributed by atoms with Gasteiger partial charge in [0.05, 0.1) is 0 Å². The molecule has 2 rings (SSSR count). The molecule has 5 nitrogen and oxygen atoms in total. The molecule has 2 aliphatic heterocycles. The zero-order valence-corrected chi connectivity index (χ0v) is 12.2. The van der Waals surface area contributed by atoms with E-state index in [0.29, 0.717) is 13.1 Å². The third kappa shape index (κ3) is 2.71. The second-order valence-corrected chi connectivity index (χ2v) is 7.26. The van der Waals surface area contributed by atoms with E-state index < -0.39 is 10.2 Å². The van der Waals surface area contributed by atoms with E-state index in [-0.39, 0.29) is 12.1 Å². The zero-order valence-electron chi connectivity index (χ0n) is 11.4. The van der Waals surface area contributed by atoms with Crippen LogP contribution in [-0.2, 0) is 10.2 Å². The van der Waals surface area contributed by atoms with E-state index in [1.54, 1.807) is 8.61 Å². The van der Waals surface area contributed by atoms with Crippen LogP contribution in [0.3, 0.4) is 0 Å². The maximum absolute atomic E-state index is 12.7. The second kappa shape index (κ2) is 5.86. The van der Waals surface area contributed by atoms with E-state index in [9.17, 15) is 8.42 Å². The average Bonchev–Trinajstić information content (AvgIpc) is 2.77. The van der Waals surface area contributed by atoms with Gasteiger partial charge in [0, 0.05) is 31.7 Å². The Morgan fingerprint density at radius 3 is 2.44 bits per heavy atom. The summed E-state index contributed by atoms with van der Waals surface area (Å²) in [4.78, 5) is 0. The minimum Gasteiger partial charge on any atom is -0.318 e. The van der Waals surface area contributed by atoms with Crippen molar-refractivity contribution in [2.45, 2.75) is 51.1 Å². The molecule has 2 aliphatic rings. The first-order valence-corrected chi connectivity index (χ1v) is 8.40. The molecule has 2 heterocycles. The van der Waals surface area contributed by atoms with Crippen molar-refractivity contribution in [1.82, 2.24) is 13.9 Å². The van der Waals surface area contributed by atoms with Crippen LogP contribution < -0.4 is 5.32 Å². The van der Waals surface area contributed by atoms with E-state index in [4.69, 9.17) is 0 Å². The first kappa shape index (κ1) is 14.2. The molecular formula is C12H25N3O2S. The monoisotopic (exact) mass is 275 g/mol. The predicted molar refractivity (Wildman–Crippen MR) is 72.6 cm³/mol. The molecule has 0 aromatic heterocycles. The summed E-state index contributed by atoms with van der Waals surface area (Å²) in [5.74, 6) is 0. The Bertz CT molecular complexity index is 370. The number of piperidine rings is 1. The van der Waals surface area contributed by atoms with Crippen LogP contribution in [0.1, 0.15) is 39.0 Å². The molecule has 18 heavy (non-hydrogen) atoms. The summed E-state index contributed by atoms with van der Waals surface area (Å²) < 4.78 is 28.8. The van der Waals surface area contributed by atoms with Crippen molar-refractivity contribution >= 4 is 10.2 Å². The van der Waals surface area contributed by atoms with Gasteiger partial charge in [0.15, 0.2) is 0 Å². The minimum absolute atomic E-state index is 0.126. The third-order valence-corrected chi connectivity index (χ3v) is 6.31. The molecule has 0 saturated carbocycles. The molecule has 0 spiro atoms. The lowest BCUT2D eigenvalue weighted by atomic mass is 10.1. The smallest absolute Gasteiger partial charge is 0.282 e. The first-order chi connectivity index (χ1) is 8.57. The second-order valence-electron chi connectivity index (χ2n) is 5.43. The van der Waals surface area contributed by atoms with Crippen molar-refractivity contribution in [3.05, 3.63) is 0 Å². The van der Waals surface area contributed by atoms with Gasteiger partial charge < -0.3 is 5.32 Å². The van der Waals surface area contributed by atoms with Crippen LogP contribution >= 0.6 is 0 Å². The highest BCUT2D eigenvalue weighted by Gasteiger charge is 2.39. The van der Waals surface area contributed by atoms with E-state index >= 15 is 0 Å². The molecule has 2 unspecified atom stereocenters. The van der Waals surface area contributed by atoms with Gasteiger partial charge in [0.25, 0.3) is 10.2 Å². The number of nitrogens with zero attached hydrogens (tertiary/aromatic N) is 2. The standard InChI is InChI=1S/C12H25N3O2S/c1-11-6-5-9-14(11)18(16,17)15-8-4-3-7-12(15)10-13-2/h11-13H,3-10H2,1-2H3. The van der Waals surface area contributed by atoms with Crippen LogP contribution in [0.25, 0.3) is 0 Å². The van der Waals surface area contributed by atoms with E-state index in [2.05, 4.69) is 5.32 Å². The highest BCUT2D eigenvalue weighted by molar-refractivity contribution is 7.86. The fourth-order valence-electron chi connectivity index (χ4n) is 3.10. The van der Waals surface area contributed by atoms with Gasteiger partial charge in [0.1, 0.15) is 0 Å². The van der Waals surface area contributed by atoms with Crippen LogP contribution in [0.4, 0.5) is 0 Å². The molecule has 0 aliphatic carbocycles. The van der Waals surface area contributed by atoms with E-state index in [1.807, 2.05) is 14.0 Å². The Hall–Kier alpha value is -0.170. The third-order valence-electron chi connectivity index (χ3n) is 4.10. The molecule has 2 saturated heterocycles. The molecule has 6 heteroatoms. The molecule has 0 bridgehead atoms. The van der Waals surface area contributed by atoms with Gasteiger partial charge in [-0.15, -0.1) is 0 Å². The van der Waals surface area contributed by atoms with Crippen molar-refractivity contribution in [2.24, 2.45) is 0 Å². The Labute approximate surface area is 111 Å². The number of rotatable bonds is 4. The fraction of sp³-hybridized carbons (Fsp3) is 1.00. The maximum atomic E-state index is 12.7. The van der Waals surface area contributed by atoms with Gasteiger partial charge in [-0.3, -0.25) is 0 Å². The van der Waals surface area contributed by atoms with Gasteiger partial charge in [-0.05, 0) is 39.7 Å². The maximum Gasteiger partial charge on any atom is 0.282 e. The van der Waals surface area contributed by atoms with Gasteiger partial charge in [0.2, 0.25) is 0 Å². The van der Waals surface area contributed by atoms with Crippen LogP contribution in [0.2, 0.25) is 0 Å². The average molecular weight is 275 g/mol. The van der Waals surface area contributed by atoms with Gasteiger partial charge >= 0.3 is 0 Å². The Morgan fingerprint density at radius 2 is 1.83 bits per heavy atom. The van der Waals surface area contributed by atoms with Crippen LogP contribution in [0.15, 0.2) is 0 Å². The largest absolute Gasteiger partial charge is 0.318 e.